The molecule has 0 aliphatic heterocycles. The zero-order chi connectivity index (χ0) is 23.7. The molecule has 2 heterocycles. The highest BCUT2D eigenvalue weighted by atomic mass is 35.5. The number of benzene rings is 1. The van der Waals surface area contributed by atoms with E-state index in [1.807, 2.05) is 0 Å². The van der Waals surface area contributed by atoms with Crippen molar-refractivity contribution >= 4 is 40.9 Å². The van der Waals surface area contributed by atoms with Crippen molar-refractivity contribution < 1.29 is 23.9 Å². The Bertz CT molecular complexity index is 1310. The van der Waals surface area contributed by atoms with Gasteiger partial charge in [0, 0.05) is 24.5 Å². The van der Waals surface area contributed by atoms with Crippen molar-refractivity contribution in [3.05, 3.63) is 82.1 Å². The van der Waals surface area contributed by atoms with Crippen LogP contribution in [0.1, 0.15) is 0 Å². The molecule has 9 nitrogen and oxygen atoms in total. The van der Waals surface area contributed by atoms with Crippen LogP contribution in [0.4, 0.5) is 15.9 Å². The summed E-state index contributed by atoms with van der Waals surface area (Å²) in [5, 5.41) is 14.5. The van der Waals surface area contributed by atoms with Gasteiger partial charge in [-0.3, -0.25) is 23.7 Å². The van der Waals surface area contributed by atoms with Crippen LogP contribution in [0, 0.1) is 23.6 Å². The van der Waals surface area contributed by atoms with E-state index in [0.717, 1.165) is 6.07 Å². The number of carboxylic acids is 1. The molecule has 3 atom stereocenters. The van der Waals surface area contributed by atoms with Crippen LogP contribution in [-0.4, -0.2) is 32.4 Å². The van der Waals surface area contributed by atoms with E-state index in [1.54, 1.807) is 12.1 Å². The van der Waals surface area contributed by atoms with Crippen molar-refractivity contribution in [2.45, 2.75) is 0 Å². The van der Waals surface area contributed by atoms with Crippen LogP contribution in [0.25, 0.3) is 5.69 Å². The maximum atomic E-state index is 14.6. The second-order valence-corrected chi connectivity index (χ2v) is 7.77. The van der Waals surface area contributed by atoms with Gasteiger partial charge in [0.1, 0.15) is 11.6 Å². The van der Waals surface area contributed by atoms with E-state index in [1.165, 1.54) is 47.3 Å². The standard InChI is InChI=1S/C22H16ClFN4O5/c23-11-4-7-15(25-10-11)27-21(31)18-17(19(18)22(32)33)20(30)26-14-6-5-12(9-13(14)24)28-8-2-1-3-16(28)29/h1-10,17-19H,(H,26,30)(H,32,33)(H,25,27,31)/t17-,18+,19?/m0/s1. The minimum Gasteiger partial charge on any atom is -0.481 e. The van der Waals surface area contributed by atoms with E-state index in [4.69, 9.17) is 11.6 Å². The summed E-state index contributed by atoms with van der Waals surface area (Å²) in [4.78, 5) is 52.5. The first kappa shape index (κ1) is 22.2. The number of nitrogens with zero attached hydrogens (tertiary/aromatic N) is 2. The van der Waals surface area contributed by atoms with Gasteiger partial charge in [0.25, 0.3) is 5.56 Å². The van der Waals surface area contributed by atoms with Gasteiger partial charge < -0.3 is 15.7 Å². The summed E-state index contributed by atoms with van der Waals surface area (Å²) in [6.45, 7) is 0. The summed E-state index contributed by atoms with van der Waals surface area (Å²) in [5.74, 6) is -7.10. The lowest BCUT2D eigenvalue weighted by molar-refractivity contribution is -0.140. The maximum absolute atomic E-state index is 14.6. The molecule has 33 heavy (non-hydrogen) atoms. The molecule has 168 valence electrons. The Labute approximate surface area is 190 Å². The normalized spacial score (nSPS) is 18.9. The van der Waals surface area contributed by atoms with E-state index in [2.05, 4.69) is 15.6 Å². The predicted molar refractivity (Wildman–Crippen MR) is 117 cm³/mol. The first-order valence-corrected chi connectivity index (χ1v) is 10.1. The number of nitrogens with one attached hydrogen (secondary N) is 2. The third-order valence-electron chi connectivity index (χ3n) is 5.20. The molecule has 2 amide bonds. The molecule has 4 rings (SSSR count). The molecule has 3 aromatic rings. The van der Waals surface area contributed by atoms with Crippen molar-refractivity contribution in [1.82, 2.24) is 9.55 Å². The molecular formula is C22H16ClFN4O5. The zero-order valence-electron chi connectivity index (χ0n) is 16.7. The number of aromatic nitrogens is 2. The monoisotopic (exact) mass is 470 g/mol. The van der Waals surface area contributed by atoms with Crippen molar-refractivity contribution in [3.63, 3.8) is 0 Å². The van der Waals surface area contributed by atoms with Gasteiger partial charge in [0.15, 0.2) is 0 Å². The molecule has 0 radical (unpaired) electrons. The van der Waals surface area contributed by atoms with Crippen LogP contribution in [0.5, 0.6) is 0 Å². The summed E-state index contributed by atoms with van der Waals surface area (Å²) in [7, 11) is 0. The number of aliphatic carboxylic acids is 1. The van der Waals surface area contributed by atoms with Crippen molar-refractivity contribution in [3.8, 4) is 5.69 Å². The first-order chi connectivity index (χ1) is 15.8. The number of pyridine rings is 2. The SMILES string of the molecule is O=C(O)C1[C@@H](C(=O)Nc2ccc(-n3ccccc3=O)cc2F)[C@H]1C(=O)Nc1ccc(Cl)cn1. The number of anilines is 2. The highest BCUT2D eigenvalue weighted by molar-refractivity contribution is 6.30. The molecular weight excluding hydrogens is 455 g/mol. The Balaban J connectivity index is 1.48. The Kier molecular flexibility index (Phi) is 5.93. The highest BCUT2D eigenvalue weighted by Crippen LogP contribution is 2.48. The second kappa shape index (κ2) is 8.83. The Morgan fingerprint density at radius 1 is 1.00 bits per heavy atom. The fraction of sp³-hybridized carbons (Fsp3) is 0.136. The second-order valence-electron chi connectivity index (χ2n) is 7.33. The number of hydrogen-bond acceptors (Lipinski definition) is 5. The number of hydrogen-bond donors (Lipinski definition) is 3. The quantitative estimate of drug-likeness (QED) is 0.507. The van der Waals surface area contributed by atoms with E-state index in [9.17, 15) is 28.7 Å². The number of amides is 2. The smallest absolute Gasteiger partial charge is 0.308 e. The largest absolute Gasteiger partial charge is 0.481 e. The lowest BCUT2D eigenvalue weighted by atomic mass is 10.2. The molecule has 1 unspecified atom stereocenters. The van der Waals surface area contributed by atoms with Crippen LogP contribution in [0.3, 0.4) is 0 Å². The Hall–Kier alpha value is -4.05. The minimum absolute atomic E-state index is 0.150. The number of carbonyl (C=O) groups is 3. The Morgan fingerprint density at radius 2 is 1.73 bits per heavy atom. The van der Waals surface area contributed by atoms with E-state index in [0.29, 0.717) is 5.02 Å². The van der Waals surface area contributed by atoms with Gasteiger partial charge in [0.05, 0.1) is 34.2 Å². The molecule has 2 aromatic heterocycles. The number of carbonyl (C=O) groups excluding carboxylic acids is 2. The summed E-state index contributed by atoms with van der Waals surface area (Å²) in [6.07, 6.45) is 2.77. The molecule has 1 aromatic carbocycles. The van der Waals surface area contributed by atoms with Crippen molar-refractivity contribution in [1.29, 1.82) is 0 Å². The van der Waals surface area contributed by atoms with Gasteiger partial charge in [0.2, 0.25) is 11.8 Å². The molecule has 0 saturated heterocycles. The van der Waals surface area contributed by atoms with Gasteiger partial charge in [-0.25, -0.2) is 9.37 Å². The number of carboxylic acid groups (broad SMARTS) is 1. The molecule has 0 spiro atoms. The van der Waals surface area contributed by atoms with Crippen molar-refractivity contribution in [2.75, 3.05) is 10.6 Å². The number of halogens is 2. The van der Waals surface area contributed by atoms with Gasteiger partial charge in [-0.1, -0.05) is 17.7 Å². The lowest BCUT2D eigenvalue weighted by Gasteiger charge is -2.10. The predicted octanol–water partition coefficient (Wildman–Crippen LogP) is 2.55. The van der Waals surface area contributed by atoms with Crippen LogP contribution in [0.15, 0.2) is 65.7 Å². The molecule has 3 N–H and O–H groups in total. The van der Waals surface area contributed by atoms with Crippen LogP contribution in [0.2, 0.25) is 5.02 Å². The molecule has 11 heteroatoms. The molecule has 0 bridgehead atoms. The van der Waals surface area contributed by atoms with Crippen LogP contribution in [-0.2, 0) is 14.4 Å². The zero-order valence-corrected chi connectivity index (χ0v) is 17.5. The van der Waals surface area contributed by atoms with Gasteiger partial charge in [-0.05, 0) is 30.3 Å². The maximum Gasteiger partial charge on any atom is 0.308 e. The fourth-order valence-electron chi connectivity index (χ4n) is 3.54. The summed E-state index contributed by atoms with van der Waals surface area (Å²) >= 11 is 5.74. The topological polar surface area (TPSA) is 130 Å². The fourth-order valence-corrected chi connectivity index (χ4v) is 3.65. The van der Waals surface area contributed by atoms with Gasteiger partial charge in [-0.15, -0.1) is 0 Å². The highest BCUT2D eigenvalue weighted by Gasteiger charge is 2.63. The summed E-state index contributed by atoms with van der Waals surface area (Å²) in [6, 6.07) is 11.2. The average molecular weight is 471 g/mol. The summed E-state index contributed by atoms with van der Waals surface area (Å²) < 4.78 is 15.8. The lowest BCUT2D eigenvalue weighted by Crippen LogP contribution is -2.21. The van der Waals surface area contributed by atoms with E-state index >= 15 is 0 Å². The van der Waals surface area contributed by atoms with Crippen molar-refractivity contribution in [2.24, 2.45) is 17.8 Å². The van der Waals surface area contributed by atoms with Crippen LogP contribution >= 0.6 is 11.6 Å². The van der Waals surface area contributed by atoms with Gasteiger partial charge >= 0.3 is 5.97 Å². The Morgan fingerprint density at radius 3 is 2.33 bits per heavy atom. The van der Waals surface area contributed by atoms with Gasteiger partial charge in [-0.2, -0.15) is 0 Å². The van der Waals surface area contributed by atoms with E-state index < -0.39 is 41.4 Å². The summed E-state index contributed by atoms with van der Waals surface area (Å²) in [5.41, 5.74) is -0.319. The third kappa shape index (κ3) is 4.60. The molecule has 1 saturated carbocycles. The minimum atomic E-state index is -1.32. The average Bonchev–Trinajstić information content (AvgIpc) is 3.54. The molecule has 1 aliphatic rings. The van der Waals surface area contributed by atoms with Crippen LogP contribution < -0.4 is 16.2 Å². The number of rotatable bonds is 6. The molecule has 1 fully saturated rings. The van der Waals surface area contributed by atoms with E-state index in [-0.39, 0.29) is 22.8 Å². The third-order valence-corrected chi connectivity index (χ3v) is 5.42. The first-order valence-electron chi connectivity index (χ1n) is 9.70. The molecule has 1 aliphatic carbocycles.